The molecule has 1 aromatic heterocycles. The first-order chi connectivity index (χ1) is 13.5. The number of aliphatic imine (C=N–C) groups is 1. The molecule has 28 heavy (non-hydrogen) atoms. The highest BCUT2D eigenvalue weighted by Crippen LogP contribution is 2.38. The molecule has 0 bridgehead atoms. The van der Waals surface area contributed by atoms with E-state index < -0.39 is 6.55 Å². The van der Waals surface area contributed by atoms with Crippen LogP contribution in [0.4, 0.5) is 8.78 Å². The van der Waals surface area contributed by atoms with Crippen molar-refractivity contribution in [2.75, 3.05) is 27.9 Å². The van der Waals surface area contributed by atoms with Crippen molar-refractivity contribution in [1.82, 2.24) is 20.2 Å². The lowest BCUT2D eigenvalue weighted by atomic mass is 10.2. The maximum atomic E-state index is 12.9. The zero-order chi connectivity index (χ0) is 20.5. The Morgan fingerprint density at radius 3 is 2.36 bits per heavy atom. The van der Waals surface area contributed by atoms with Gasteiger partial charge in [-0.25, -0.2) is 9.98 Å². The van der Waals surface area contributed by atoms with Crippen molar-refractivity contribution in [3.8, 4) is 17.2 Å². The molecule has 1 heterocycles. The predicted octanol–water partition coefficient (Wildman–Crippen LogP) is 2.56. The third-order valence-corrected chi connectivity index (χ3v) is 3.86. The summed E-state index contributed by atoms with van der Waals surface area (Å²) in [6.07, 6.45) is 2.57. The van der Waals surface area contributed by atoms with Crippen LogP contribution in [0.25, 0.3) is 0 Å². The number of methoxy groups -OCH3 is 3. The number of benzene rings is 1. The van der Waals surface area contributed by atoms with Gasteiger partial charge in [-0.1, -0.05) is 0 Å². The van der Waals surface area contributed by atoms with Gasteiger partial charge in [-0.2, -0.15) is 8.78 Å². The highest BCUT2D eigenvalue weighted by molar-refractivity contribution is 5.79. The van der Waals surface area contributed by atoms with Crippen molar-refractivity contribution in [3.63, 3.8) is 0 Å². The minimum absolute atomic E-state index is 0.110. The molecule has 0 amide bonds. The standard InChI is InChI=1S/C18H25F2N5O3/c1-5-21-18(24-11-15-22-6-7-25(15)17(19)20)23-10-12-8-13(26-2)16(28-4)14(9-12)27-3/h6-9,17H,5,10-11H2,1-4H3,(H2,21,23,24). The summed E-state index contributed by atoms with van der Waals surface area (Å²) in [4.78, 5) is 8.42. The molecule has 0 saturated heterocycles. The third-order valence-electron chi connectivity index (χ3n) is 3.86. The highest BCUT2D eigenvalue weighted by Gasteiger charge is 2.14. The zero-order valence-electron chi connectivity index (χ0n) is 16.3. The number of hydrogen-bond donors (Lipinski definition) is 2. The first-order valence-corrected chi connectivity index (χ1v) is 8.64. The summed E-state index contributed by atoms with van der Waals surface area (Å²) in [5, 5.41) is 6.07. The molecule has 2 N–H and O–H groups in total. The molecule has 2 aromatic rings. The second-order valence-corrected chi connectivity index (χ2v) is 5.61. The van der Waals surface area contributed by atoms with Crippen LogP contribution in [0, 0.1) is 0 Å². The van der Waals surface area contributed by atoms with E-state index in [1.807, 2.05) is 6.92 Å². The van der Waals surface area contributed by atoms with Gasteiger partial charge in [0.1, 0.15) is 5.82 Å². The fourth-order valence-electron chi connectivity index (χ4n) is 2.56. The monoisotopic (exact) mass is 397 g/mol. The Balaban J connectivity index is 2.15. The molecule has 154 valence electrons. The van der Waals surface area contributed by atoms with Crippen LogP contribution < -0.4 is 24.8 Å². The Hall–Kier alpha value is -3.04. The average Bonchev–Trinajstić information content (AvgIpc) is 3.18. The van der Waals surface area contributed by atoms with E-state index >= 15 is 0 Å². The van der Waals surface area contributed by atoms with Gasteiger partial charge in [0.15, 0.2) is 17.5 Å². The van der Waals surface area contributed by atoms with E-state index in [0.717, 1.165) is 10.1 Å². The van der Waals surface area contributed by atoms with Crippen LogP contribution in [0.5, 0.6) is 17.2 Å². The summed E-state index contributed by atoms with van der Waals surface area (Å²) in [7, 11) is 4.62. The van der Waals surface area contributed by atoms with E-state index in [1.165, 1.54) is 19.5 Å². The second kappa shape index (κ2) is 10.3. The molecule has 8 nitrogen and oxygen atoms in total. The van der Waals surface area contributed by atoms with Gasteiger partial charge in [0.25, 0.3) is 0 Å². The van der Waals surface area contributed by atoms with Gasteiger partial charge in [-0.3, -0.25) is 4.57 Å². The Kier molecular flexibility index (Phi) is 7.85. The molecule has 0 radical (unpaired) electrons. The quantitative estimate of drug-likeness (QED) is 0.500. The van der Waals surface area contributed by atoms with Crippen molar-refractivity contribution < 1.29 is 23.0 Å². The number of nitrogens with one attached hydrogen (secondary N) is 2. The van der Waals surface area contributed by atoms with Crippen LogP contribution in [0.2, 0.25) is 0 Å². The van der Waals surface area contributed by atoms with Crippen LogP contribution in [-0.4, -0.2) is 43.4 Å². The molecule has 0 aliphatic carbocycles. The largest absolute Gasteiger partial charge is 0.493 e. The van der Waals surface area contributed by atoms with E-state index in [-0.39, 0.29) is 12.4 Å². The summed E-state index contributed by atoms with van der Waals surface area (Å²) in [6, 6.07) is 3.61. The Bertz CT molecular complexity index is 770. The van der Waals surface area contributed by atoms with Gasteiger partial charge >= 0.3 is 6.55 Å². The second-order valence-electron chi connectivity index (χ2n) is 5.61. The smallest absolute Gasteiger partial charge is 0.319 e. The number of hydrogen-bond acceptors (Lipinski definition) is 5. The minimum atomic E-state index is -2.64. The van der Waals surface area contributed by atoms with Crippen LogP contribution in [0.3, 0.4) is 0 Å². The highest BCUT2D eigenvalue weighted by atomic mass is 19.3. The molecule has 0 fully saturated rings. The molecule has 0 atom stereocenters. The van der Waals surface area contributed by atoms with Gasteiger partial charge < -0.3 is 24.8 Å². The lowest BCUT2D eigenvalue weighted by Gasteiger charge is -2.14. The Morgan fingerprint density at radius 1 is 1.14 bits per heavy atom. The molecular weight excluding hydrogens is 372 g/mol. The molecule has 0 aliphatic heterocycles. The summed E-state index contributed by atoms with van der Waals surface area (Å²) in [5.74, 6) is 2.25. The molecular formula is C18H25F2N5O3. The number of halogens is 2. The summed E-state index contributed by atoms with van der Waals surface area (Å²) in [5.41, 5.74) is 0.834. The van der Waals surface area contributed by atoms with Crippen molar-refractivity contribution in [3.05, 3.63) is 35.9 Å². The fraction of sp³-hybridized carbons (Fsp3) is 0.444. The van der Waals surface area contributed by atoms with Gasteiger partial charge in [-0.05, 0) is 24.6 Å². The lowest BCUT2D eigenvalue weighted by molar-refractivity contribution is 0.0668. The van der Waals surface area contributed by atoms with Crippen LogP contribution in [0.1, 0.15) is 24.9 Å². The number of alkyl halides is 2. The average molecular weight is 397 g/mol. The van der Waals surface area contributed by atoms with E-state index in [2.05, 4.69) is 20.6 Å². The normalized spacial score (nSPS) is 11.5. The predicted molar refractivity (Wildman–Crippen MR) is 101 cm³/mol. The summed E-state index contributed by atoms with van der Waals surface area (Å²) < 4.78 is 42.6. The molecule has 0 saturated carbocycles. The SMILES string of the molecule is CCNC(=NCc1cc(OC)c(OC)c(OC)c1)NCc1nccn1C(F)F. The Morgan fingerprint density at radius 2 is 1.82 bits per heavy atom. The minimum Gasteiger partial charge on any atom is -0.493 e. The van der Waals surface area contributed by atoms with E-state index in [9.17, 15) is 8.78 Å². The number of aromatic nitrogens is 2. The number of guanidine groups is 1. The molecule has 0 spiro atoms. The van der Waals surface area contributed by atoms with Crippen molar-refractivity contribution >= 4 is 5.96 Å². The van der Waals surface area contributed by atoms with Gasteiger partial charge in [0, 0.05) is 18.9 Å². The maximum absolute atomic E-state index is 12.9. The van der Waals surface area contributed by atoms with Gasteiger partial charge in [0.05, 0.1) is 34.4 Å². The fourth-order valence-corrected chi connectivity index (χ4v) is 2.56. The number of rotatable bonds is 9. The van der Waals surface area contributed by atoms with Crippen molar-refractivity contribution in [2.45, 2.75) is 26.6 Å². The zero-order valence-corrected chi connectivity index (χ0v) is 16.3. The van der Waals surface area contributed by atoms with Crippen molar-refractivity contribution in [1.29, 1.82) is 0 Å². The lowest BCUT2D eigenvalue weighted by Crippen LogP contribution is -2.37. The number of imidazole rings is 1. The third kappa shape index (κ3) is 5.24. The number of nitrogens with zero attached hydrogens (tertiary/aromatic N) is 3. The van der Waals surface area contributed by atoms with E-state index in [4.69, 9.17) is 14.2 Å². The molecule has 10 heteroatoms. The van der Waals surface area contributed by atoms with Crippen LogP contribution in [-0.2, 0) is 13.1 Å². The van der Waals surface area contributed by atoms with Crippen LogP contribution >= 0.6 is 0 Å². The number of ether oxygens (including phenoxy) is 3. The molecule has 1 aromatic carbocycles. The first kappa shape index (κ1) is 21.3. The van der Waals surface area contributed by atoms with Gasteiger partial charge in [0.2, 0.25) is 5.75 Å². The molecule has 0 aliphatic rings. The first-order valence-electron chi connectivity index (χ1n) is 8.64. The molecule has 0 unspecified atom stereocenters. The molecule has 2 rings (SSSR count). The van der Waals surface area contributed by atoms with Gasteiger partial charge in [-0.15, -0.1) is 0 Å². The van der Waals surface area contributed by atoms with E-state index in [1.54, 1.807) is 26.4 Å². The maximum Gasteiger partial charge on any atom is 0.319 e. The van der Waals surface area contributed by atoms with E-state index in [0.29, 0.717) is 36.3 Å². The summed E-state index contributed by atoms with van der Waals surface area (Å²) >= 11 is 0. The van der Waals surface area contributed by atoms with Crippen LogP contribution in [0.15, 0.2) is 29.5 Å². The topological polar surface area (TPSA) is 81.9 Å². The van der Waals surface area contributed by atoms with Crippen molar-refractivity contribution in [2.24, 2.45) is 4.99 Å². The summed E-state index contributed by atoms with van der Waals surface area (Å²) in [6.45, 7) is 0.313. The Labute approximate surface area is 162 Å².